The fourth-order valence-electron chi connectivity index (χ4n) is 2.76. The lowest BCUT2D eigenvalue weighted by molar-refractivity contribution is -0.138. The number of carbonyl (C=O) groups excluding carboxylic acids is 2. The van der Waals surface area contributed by atoms with Crippen LogP contribution >= 0.6 is 0 Å². The van der Waals surface area contributed by atoms with Crippen molar-refractivity contribution in [3.05, 3.63) is 18.2 Å². The molecule has 1 aliphatic heterocycles. The number of carbonyl (C=O) groups is 2. The molecule has 0 spiro atoms. The minimum atomic E-state index is -0.493. The lowest BCUT2D eigenvalue weighted by Gasteiger charge is -2.40. The Hall–Kier alpha value is -1.89. The molecule has 1 aliphatic rings. The van der Waals surface area contributed by atoms with Crippen LogP contribution in [0, 0.1) is 0 Å². The van der Waals surface area contributed by atoms with Gasteiger partial charge < -0.3 is 15.2 Å². The van der Waals surface area contributed by atoms with Gasteiger partial charge in [0.1, 0.15) is 11.9 Å². The number of H-pyrrole nitrogens is 1. The second kappa shape index (κ2) is 6.71. The van der Waals surface area contributed by atoms with E-state index in [1.165, 1.54) is 6.92 Å². The van der Waals surface area contributed by atoms with Gasteiger partial charge in [-0.1, -0.05) is 6.92 Å². The molecule has 0 unspecified atom stereocenters. The lowest BCUT2D eigenvalue weighted by Crippen LogP contribution is -2.55. The van der Waals surface area contributed by atoms with Gasteiger partial charge in [-0.2, -0.15) is 0 Å². The Labute approximate surface area is 124 Å². The molecule has 0 aromatic carbocycles. The van der Waals surface area contributed by atoms with E-state index in [0.29, 0.717) is 13.1 Å². The van der Waals surface area contributed by atoms with Crippen LogP contribution < -0.4 is 5.32 Å². The second-order valence-corrected chi connectivity index (χ2v) is 5.33. The number of hydrogen-bond donors (Lipinski definition) is 2. The molecule has 7 nitrogen and oxygen atoms in total. The fourth-order valence-corrected chi connectivity index (χ4v) is 2.76. The number of aromatic nitrogens is 2. The third kappa shape index (κ3) is 3.60. The SMILES string of the molecule is CCN1CCN(C(=O)[C@@H](C)NC(C)=O)C[C@H]1c1ncc[nH]1. The Bertz CT molecular complexity index is 488. The van der Waals surface area contributed by atoms with E-state index >= 15 is 0 Å². The molecule has 0 radical (unpaired) electrons. The highest BCUT2D eigenvalue weighted by molar-refractivity contribution is 5.86. The number of likely N-dealkylation sites (N-methyl/N-ethyl adjacent to an activating group) is 1. The van der Waals surface area contributed by atoms with E-state index in [0.717, 1.165) is 18.9 Å². The third-order valence-corrected chi connectivity index (χ3v) is 3.83. The third-order valence-electron chi connectivity index (χ3n) is 3.83. The Morgan fingerprint density at radius 1 is 1.52 bits per heavy atom. The summed E-state index contributed by atoms with van der Waals surface area (Å²) in [6.45, 7) is 8.22. The average Bonchev–Trinajstić information content (AvgIpc) is 2.99. The highest BCUT2D eigenvalue weighted by Crippen LogP contribution is 2.22. The Morgan fingerprint density at radius 2 is 2.29 bits per heavy atom. The van der Waals surface area contributed by atoms with Gasteiger partial charge in [0.2, 0.25) is 11.8 Å². The van der Waals surface area contributed by atoms with Crippen LogP contribution in [0.3, 0.4) is 0 Å². The van der Waals surface area contributed by atoms with Crippen LogP contribution in [0.1, 0.15) is 32.6 Å². The van der Waals surface area contributed by atoms with Crippen molar-refractivity contribution in [2.24, 2.45) is 0 Å². The quantitative estimate of drug-likeness (QED) is 0.827. The number of nitrogens with zero attached hydrogens (tertiary/aromatic N) is 3. The number of hydrogen-bond acceptors (Lipinski definition) is 4. The molecular weight excluding hydrogens is 270 g/mol. The van der Waals surface area contributed by atoms with Gasteiger partial charge in [-0.3, -0.25) is 14.5 Å². The maximum atomic E-state index is 12.4. The first-order chi connectivity index (χ1) is 10.0. The monoisotopic (exact) mass is 293 g/mol. The molecule has 0 aliphatic carbocycles. The first-order valence-electron chi connectivity index (χ1n) is 7.32. The molecular formula is C14H23N5O2. The van der Waals surface area contributed by atoms with Crippen molar-refractivity contribution in [3.63, 3.8) is 0 Å². The molecule has 2 atom stereocenters. The summed E-state index contributed by atoms with van der Waals surface area (Å²) in [4.78, 5) is 35.0. The van der Waals surface area contributed by atoms with E-state index in [1.807, 2.05) is 0 Å². The highest BCUT2D eigenvalue weighted by Gasteiger charge is 2.32. The first-order valence-corrected chi connectivity index (χ1v) is 7.32. The van der Waals surface area contributed by atoms with Gasteiger partial charge in [-0.05, 0) is 13.5 Å². The van der Waals surface area contributed by atoms with Crippen LogP contribution in [0.15, 0.2) is 12.4 Å². The predicted molar refractivity (Wildman–Crippen MR) is 78.4 cm³/mol. The minimum absolute atomic E-state index is 0.0440. The normalized spacial score (nSPS) is 21.1. The van der Waals surface area contributed by atoms with E-state index in [2.05, 4.69) is 27.1 Å². The van der Waals surface area contributed by atoms with Crippen molar-refractivity contribution in [1.29, 1.82) is 0 Å². The molecule has 0 bridgehead atoms. The summed E-state index contributed by atoms with van der Waals surface area (Å²) < 4.78 is 0. The summed E-state index contributed by atoms with van der Waals surface area (Å²) >= 11 is 0. The zero-order valence-corrected chi connectivity index (χ0v) is 12.8. The second-order valence-electron chi connectivity index (χ2n) is 5.33. The van der Waals surface area contributed by atoms with Gasteiger partial charge in [0.25, 0.3) is 0 Å². The predicted octanol–water partition coefficient (Wildman–Crippen LogP) is 0.140. The van der Waals surface area contributed by atoms with Gasteiger partial charge in [0, 0.05) is 39.0 Å². The van der Waals surface area contributed by atoms with Gasteiger partial charge in [0.15, 0.2) is 0 Å². The summed E-state index contributed by atoms with van der Waals surface area (Å²) in [6, 6.07) is -0.417. The van der Waals surface area contributed by atoms with Gasteiger partial charge >= 0.3 is 0 Å². The number of aromatic amines is 1. The van der Waals surface area contributed by atoms with E-state index in [1.54, 1.807) is 24.2 Å². The van der Waals surface area contributed by atoms with Crippen LogP contribution in [0.25, 0.3) is 0 Å². The average molecular weight is 293 g/mol. The van der Waals surface area contributed by atoms with Crippen LogP contribution in [-0.2, 0) is 9.59 Å². The number of nitrogens with one attached hydrogen (secondary N) is 2. The smallest absolute Gasteiger partial charge is 0.244 e. The molecule has 116 valence electrons. The molecule has 2 N–H and O–H groups in total. The van der Waals surface area contributed by atoms with Gasteiger partial charge in [-0.15, -0.1) is 0 Å². The highest BCUT2D eigenvalue weighted by atomic mass is 16.2. The van der Waals surface area contributed by atoms with Crippen molar-refractivity contribution in [3.8, 4) is 0 Å². The standard InChI is InChI=1S/C14H23N5O2/c1-4-18-7-8-19(14(21)10(2)17-11(3)20)9-12(18)13-15-5-6-16-13/h5-6,10,12H,4,7-9H2,1-3H3,(H,15,16)(H,17,20)/t10-,12+/m1/s1. The summed E-state index contributed by atoms with van der Waals surface area (Å²) in [5.74, 6) is 0.643. The number of rotatable bonds is 4. The molecule has 0 saturated carbocycles. The summed E-state index contributed by atoms with van der Waals surface area (Å²) in [5, 5.41) is 2.65. The zero-order valence-electron chi connectivity index (χ0n) is 12.8. The van der Waals surface area contributed by atoms with E-state index in [4.69, 9.17) is 0 Å². The van der Waals surface area contributed by atoms with Gasteiger partial charge in [-0.25, -0.2) is 4.98 Å². The van der Waals surface area contributed by atoms with Crippen molar-refractivity contribution >= 4 is 11.8 Å². The fraction of sp³-hybridized carbons (Fsp3) is 0.643. The number of amides is 2. The number of imidazole rings is 1. The maximum Gasteiger partial charge on any atom is 0.244 e. The molecule has 21 heavy (non-hydrogen) atoms. The van der Waals surface area contributed by atoms with E-state index in [9.17, 15) is 9.59 Å². The summed E-state index contributed by atoms with van der Waals surface area (Å²) in [5.41, 5.74) is 0. The molecule has 2 heterocycles. The van der Waals surface area contributed by atoms with Crippen molar-refractivity contribution in [2.75, 3.05) is 26.2 Å². The molecule has 1 fully saturated rings. The molecule has 7 heteroatoms. The Balaban J connectivity index is 2.06. The number of piperazine rings is 1. The molecule has 1 saturated heterocycles. The van der Waals surface area contributed by atoms with Crippen LogP contribution in [0.2, 0.25) is 0 Å². The van der Waals surface area contributed by atoms with E-state index in [-0.39, 0.29) is 17.9 Å². The summed E-state index contributed by atoms with van der Waals surface area (Å²) in [7, 11) is 0. The molecule has 2 rings (SSSR count). The van der Waals surface area contributed by atoms with E-state index < -0.39 is 6.04 Å². The van der Waals surface area contributed by atoms with Gasteiger partial charge in [0.05, 0.1) is 6.04 Å². The minimum Gasteiger partial charge on any atom is -0.347 e. The zero-order chi connectivity index (χ0) is 15.4. The maximum absolute atomic E-state index is 12.4. The molecule has 1 aromatic heterocycles. The van der Waals surface area contributed by atoms with Crippen LogP contribution in [0.5, 0.6) is 0 Å². The first kappa shape index (κ1) is 15.5. The van der Waals surface area contributed by atoms with Crippen molar-refractivity contribution in [1.82, 2.24) is 25.1 Å². The van der Waals surface area contributed by atoms with Crippen molar-refractivity contribution < 1.29 is 9.59 Å². The van der Waals surface area contributed by atoms with Crippen molar-refractivity contribution in [2.45, 2.75) is 32.9 Å². The lowest BCUT2D eigenvalue weighted by atomic mass is 10.1. The molecule has 2 amide bonds. The summed E-state index contributed by atoms with van der Waals surface area (Å²) in [6.07, 6.45) is 3.52. The van der Waals surface area contributed by atoms with Crippen LogP contribution in [-0.4, -0.2) is 63.8 Å². The Morgan fingerprint density at radius 3 is 2.86 bits per heavy atom. The Kier molecular flexibility index (Phi) is 4.95. The van der Waals surface area contributed by atoms with Crippen LogP contribution in [0.4, 0.5) is 0 Å². The molecule has 1 aromatic rings. The topological polar surface area (TPSA) is 81.3 Å². The largest absolute Gasteiger partial charge is 0.347 e.